The maximum atomic E-state index is 11.9. The maximum Gasteiger partial charge on any atom is 0.246 e. The monoisotopic (exact) mass is 326 g/mol. The van der Waals surface area contributed by atoms with Gasteiger partial charge in [-0.15, -0.1) is 0 Å². The summed E-state index contributed by atoms with van der Waals surface area (Å²) in [5.41, 5.74) is 3.63. The molecule has 128 valence electrons. The van der Waals surface area contributed by atoms with Crippen LogP contribution in [0.1, 0.15) is 44.4 Å². The van der Waals surface area contributed by atoms with Crippen molar-refractivity contribution in [1.29, 1.82) is 0 Å². The summed E-state index contributed by atoms with van der Waals surface area (Å²) in [5, 5.41) is 3.57. The van der Waals surface area contributed by atoms with Gasteiger partial charge in [-0.2, -0.15) is 0 Å². The molecule has 5 heteroatoms. The van der Waals surface area contributed by atoms with Crippen molar-refractivity contribution in [3.8, 4) is 0 Å². The van der Waals surface area contributed by atoms with E-state index >= 15 is 0 Å². The van der Waals surface area contributed by atoms with E-state index in [1.807, 2.05) is 4.90 Å². The fraction of sp³-hybridized carbons (Fsp3) is 0.526. The quantitative estimate of drug-likeness (QED) is 0.845. The minimum atomic E-state index is 0.00908. The van der Waals surface area contributed by atoms with Crippen molar-refractivity contribution in [3.05, 3.63) is 36.3 Å². The first-order valence-electron chi connectivity index (χ1n) is 8.79. The summed E-state index contributed by atoms with van der Waals surface area (Å²) in [5.74, 6) is 1.53. The van der Waals surface area contributed by atoms with Gasteiger partial charge in [0.15, 0.2) is 0 Å². The van der Waals surface area contributed by atoms with Crippen LogP contribution in [0.4, 0.5) is 5.82 Å². The highest BCUT2D eigenvalue weighted by atomic mass is 16.2. The van der Waals surface area contributed by atoms with Gasteiger partial charge >= 0.3 is 0 Å². The first kappa shape index (κ1) is 16.7. The number of fused-ring (bicyclic) bond motifs is 1. The number of nitrogens with one attached hydrogen (secondary N) is 1. The van der Waals surface area contributed by atoms with Gasteiger partial charge in [0.05, 0.1) is 5.69 Å². The molecule has 0 radical (unpaired) electrons. The predicted octanol–water partition coefficient (Wildman–Crippen LogP) is 3.05. The first-order chi connectivity index (χ1) is 11.6. The lowest BCUT2D eigenvalue weighted by molar-refractivity contribution is -0.127. The number of allylic oxidation sites excluding steroid dienone is 2. The molecule has 1 aromatic rings. The van der Waals surface area contributed by atoms with Crippen LogP contribution in [0.2, 0.25) is 0 Å². The number of anilines is 1. The Balaban J connectivity index is 1.77. The van der Waals surface area contributed by atoms with Gasteiger partial charge in [-0.3, -0.25) is 4.79 Å². The van der Waals surface area contributed by atoms with Crippen molar-refractivity contribution in [2.45, 2.75) is 45.6 Å². The SMILES string of the molecule is C=CC(=O)N1CCC[C@@H](Nc2ncnc3c2C(CC(C)C)=CC3)C1. The second kappa shape index (κ2) is 7.16. The topological polar surface area (TPSA) is 58.1 Å². The second-order valence-corrected chi connectivity index (χ2v) is 7.05. The van der Waals surface area contributed by atoms with Crippen molar-refractivity contribution in [3.63, 3.8) is 0 Å². The molecule has 0 spiro atoms. The molecule has 24 heavy (non-hydrogen) atoms. The van der Waals surface area contributed by atoms with Gasteiger partial charge in [0, 0.05) is 31.1 Å². The second-order valence-electron chi connectivity index (χ2n) is 7.05. The molecule has 2 heterocycles. The molecule has 1 aliphatic heterocycles. The average Bonchev–Trinajstić information content (AvgIpc) is 2.98. The smallest absolute Gasteiger partial charge is 0.246 e. The molecule has 1 fully saturated rings. The van der Waals surface area contributed by atoms with Gasteiger partial charge < -0.3 is 10.2 Å². The normalized spacial score (nSPS) is 19.9. The van der Waals surface area contributed by atoms with E-state index in [-0.39, 0.29) is 11.9 Å². The van der Waals surface area contributed by atoms with E-state index < -0.39 is 0 Å². The van der Waals surface area contributed by atoms with E-state index in [1.54, 1.807) is 6.33 Å². The zero-order chi connectivity index (χ0) is 17.1. The largest absolute Gasteiger partial charge is 0.365 e. The van der Waals surface area contributed by atoms with Gasteiger partial charge in [-0.05, 0) is 36.8 Å². The number of rotatable bonds is 5. The van der Waals surface area contributed by atoms with Crippen LogP contribution in [0.25, 0.3) is 5.57 Å². The van der Waals surface area contributed by atoms with Crippen molar-refractivity contribution >= 4 is 17.3 Å². The Bertz CT molecular complexity index is 665. The molecule has 1 aromatic heterocycles. The Morgan fingerprint density at radius 2 is 2.33 bits per heavy atom. The molecule has 0 unspecified atom stereocenters. The molecule has 1 atom stereocenters. The van der Waals surface area contributed by atoms with Crippen LogP contribution in [-0.4, -0.2) is 39.9 Å². The minimum Gasteiger partial charge on any atom is -0.365 e. The zero-order valence-electron chi connectivity index (χ0n) is 14.6. The first-order valence-corrected chi connectivity index (χ1v) is 8.79. The van der Waals surface area contributed by atoms with Crippen molar-refractivity contribution in [2.75, 3.05) is 18.4 Å². The summed E-state index contributed by atoms with van der Waals surface area (Å²) >= 11 is 0. The molecular formula is C19H26N4O. The summed E-state index contributed by atoms with van der Waals surface area (Å²) in [6.45, 7) is 9.56. The van der Waals surface area contributed by atoms with Crippen LogP contribution in [0.5, 0.6) is 0 Å². The van der Waals surface area contributed by atoms with Crippen molar-refractivity contribution in [2.24, 2.45) is 5.92 Å². The Hall–Kier alpha value is -2.17. The summed E-state index contributed by atoms with van der Waals surface area (Å²) in [6.07, 6.45) is 9.29. The molecule has 0 aromatic carbocycles. The van der Waals surface area contributed by atoms with Crippen LogP contribution in [0, 0.1) is 5.92 Å². The Morgan fingerprint density at radius 3 is 3.08 bits per heavy atom. The molecule has 1 N–H and O–H groups in total. The Labute approximate surface area is 143 Å². The number of hydrogen-bond donors (Lipinski definition) is 1. The molecule has 1 amide bonds. The lowest BCUT2D eigenvalue weighted by Gasteiger charge is -2.33. The number of amides is 1. The molecule has 1 saturated heterocycles. The lowest BCUT2D eigenvalue weighted by atomic mass is 9.98. The summed E-state index contributed by atoms with van der Waals surface area (Å²) < 4.78 is 0. The third-order valence-corrected chi connectivity index (χ3v) is 4.67. The van der Waals surface area contributed by atoms with E-state index in [9.17, 15) is 4.79 Å². The summed E-state index contributed by atoms with van der Waals surface area (Å²) in [7, 11) is 0. The molecule has 3 rings (SSSR count). The number of nitrogens with zero attached hydrogens (tertiary/aromatic N) is 3. The Kier molecular flexibility index (Phi) is 4.97. The summed E-state index contributed by atoms with van der Waals surface area (Å²) in [4.78, 5) is 22.7. The van der Waals surface area contributed by atoms with Crippen molar-refractivity contribution < 1.29 is 4.79 Å². The van der Waals surface area contributed by atoms with Crippen LogP contribution in [0.15, 0.2) is 25.1 Å². The predicted molar refractivity (Wildman–Crippen MR) is 96.6 cm³/mol. The lowest BCUT2D eigenvalue weighted by Crippen LogP contribution is -2.44. The highest BCUT2D eigenvalue weighted by Crippen LogP contribution is 2.35. The third-order valence-electron chi connectivity index (χ3n) is 4.67. The van der Waals surface area contributed by atoms with Crippen LogP contribution < -0.4 is 5.32 Å². The number of piperidine rings is 1. The van der Waals surface area contributed by atoms with E-state index in [2.05, 4.69) is 41.8 Å². The fourth-order valence-electron chi connectivity index (χ4n) is 3.59. The molecule has 0 saturated carbocycles. The molecule has 2 aliphatic rings. The van der Waals surface area contributed by atoms with Gasteiger partial charge in [0.1, 0.15) is 12.1 Å². The van der Waals surface area contributed by atoms with Crippen LogP contribution in [0.3, 0.4) is 0 Å². The number of likely N-dealkylation sites (tertiary alicyclic amines) is 1. The number of aromatic nitrogens is 2. The third kappa shape index (κ3) is 3.50. The molecule has 5 nitrogen and oxygen atoms in total. The Morgan fingerprint density at radius 1 is 1.50 bits per heavy atom. The van der Waals surface area contributed by atoms with Crippen LogP contribution >= 0.6 is 0 Å². The van der Waals surface area contributed by atoms with Gasteiger partial charge in [-0.25, -0.2) is 9.97 Å². The fourth-order valence-corrected chi connectivity index (χ4v) is 3.59. The van der Waals surface area contributed by atoms with Crippen LogP contribution in [-0.2, 0) is 11.2 Å². The summed E-state index contributed by atoms with van der Waals surface area (Å²) in [6, 6.07) is 0.225. The highest BCUT2D eigenvalue weighted by molar-refractivity contribution is 5.87. The highest BCUT2D eigenvalue weighted by Gasteiger charge is 2.26. The standard InChI is InChI=1S/C19H26N4O/c1-4-17(24)23-9-5-6-15(11-23)22-19-18-14(10-13(2)3)7-8-16(18)20-12-21-19/h4,7,12-13,15H,1,5-6,8-11H2,2-3H3,(H,20,21,22)/t15-/m1/s1. The van der Waals surface area contributed by atoms with Crippen molar-refractivity contribution in [1.82, 2.24) is 14.9 Å². The molecule has 0 bridgehead atoms. The number of carbonyl (C=O) groups is 1. The van der Waals surface area contributed by atoms with E-state index in [4.69, 9.17) is 0 Å². The van der Waals surface area contributed by atoms with Gasteiger partial charge in [-0.1, -0.05) is 26.5 Å². The van der Waals surface area contributed by atoms with E-state index in [1.165, 1.54) is 17.2 Å². The average molecular weight is 326 g/mol. The van der Waals surface area contributed by atoms with E-state index in [0.717, 1.165) is 43.7 Å². The van der Waals surface area contributed by atoms with Gasteiger partial charge in [0.25, 0.3) is 0 Å². The van der Waals surface area contributed by atoms with E-state index in [0.29, 0.717) is 12.5 Å². The van der Waals surface area contributed by atoms with Gasteiger partial charge in [0.2, 0.25) is 5.91 Å². The number of hydrogen-bond acceptors (Lipinski definition) is 4. The molecule has 1 aliphatic carbocycles. The maximum absolute atomic E-state index is 11.9. The zero-order valence-corrected chi connectivity index (χ0v) is 14.6. The minimum absolute atomic E-state index is 0.00908. The number of carbonyl (C=O) groups excluding carboxylic acids is 1. The molecular weight excluding hydrogens is 300 g/mol.